The molecule has 0 aliphatic carbocycles. The van der Waals surface area contributed by atoms with E-state index < -0.39 is 11.6 Å². The van der Waals surface area contributed by atoms with Crippen molar-refractivity contribution >= 4 is 17.4 Å². The highest BCUT2D eigenvalue weighted by Crippen LogP contribution is 2.24. The molecule has 1 saturated heterocycles. The van der Waals surface area contributed by atoms with E-state index in [1.54, 1.807) is 0 Å². The lowest BCUT2D eigenvalue weighted by Gasteiger charge is -2.35. The Hall–Kier alpha value is -2.57. The molecule has 1 fully saturated rings. The smallest absolute Gasteiger partial charge is 0.272 e. The van der Waals surface area contributed by atoms with Crippen LogP contribution in [0.3, 0.4) is 0 Å². The number of hydrogen-bond donors (Lipinski definition) is 1. The van der Waals surface area contributed by atoms with Gasteiger partial charge in [-0.15, -0.1) is 0 Å². The maximum absolute atomic E-state index is 13.8. The van der Waals surface area contributed by atoms with Gasteiger partial charge in [-0.3, -0.25) is 4.79 Å². The molecule has 2 heterocycles. The molecule has 0 spiro atoms. The number of nitrogens with one attached hydrogen (secondary N) is 1. The van der Waals surface area contributed by atoms with Gasteiger partial charge in [0.15, 0.2) is 0 Å². The molecule has 132 valence electrons. The zero-order valence-electron chi connectivity index (χ0n) is 14.0. The van der Waals surface area contributed by atoms with Crippen LogP contribution < -0.4 is 5.32 Å². The molecule has 1 aliphatic heterocycles. The normalized spacial score (nSPS) is 17.4. The highest BCUT2D eigenvalue weighted by molar-refractivity contribution is 5.93. The minimum absolute atomic E-state index is 0.174. The summed E-state index contributed by atoms with van der Waals surface area (Å²) in [6.07, 6.45) is 5.19. The van der Waals surface area contributed by atoms with E-state index >= 15 is 0 Å². The van der Waals surface area contributed by atoms with Crippen molar-refractivity contribution in [3.8, 4) is 0 Å². The third-order valence-electron chi connectivity index (χ3n) is 4.46. The number of amides is 1. The van der Waals surface area contributed by atoms with Crippen molar-refractivity contribution in [2.24, 2.45) is 0 Å². The molecular formula is C18H20F2N4O. The Kier molecular flexibility index (Phi) is 5.21. The molecule has 3 rings (SSSR count). The second-order valence-corrected chi connectivity index (χ2v) is 6.07. The molecular weight excluding hydrogens is 326 g/mol. The number of piperidine rings is 1. The summed E-state index contributed by atoms with van der Waals surface area (Å²) in [5.74, 6) is -1.46. The SMILES string of the molecule is CCC1CCCCN1C(=O)c1cc(Nc2c(F)cccc2F)ncn1. The fraction of sp³-hybridized carbons (Fsp3) is 0.389. The molecule has 25 heavy (non-hydrogen) atoms. The van der Waals surface area contributed by atoms with Crippen molar-refractivity contribution in [1.29, 1.82) is 0 Å². The lowest BCUT2D eigenvalue weighted by Crippen LogP contribution is -2.43. The van der Waals surface area contributed by atoms with Gasteiger partial charge in [-0.05, 0) is 37.8 Å². The first-order valence-corrected chi connectivity index (χ1v) is 8.44. The summed E-state index contributed by atoms with van der Waals surface area (Å²) < 4.78 is 27.5. The molecule has 1 unspecified atom stereocenters. The van der Waals surface area contributed by atoms with E-state index in [4.69, 9.17) is 0 Å². The minimum atomic E-state index is -0.728. The van der Waals surface area contributed by atoms with Crippen LogP contribution in [0, 0.1) is 11.6 Å². The van der Waals surface area contributed by atoms with Crippen LogP contribution in [0.25, 0.3) is 0 Å². The van der Waals surface area contributed by atoms with Crippen molar-refractivity contribution in [2.75, 3.05) is 11.9 Å². The number of carbonyl (C=O) groups excluding carboxylic acids is 1. The molecule has 7 heteroatoms. The third-order valence-corrected chi connectivity index (χ3v) is 4.46. The molecule has 1 N–H and O–H groups in total. The van der Waals surface area contributed by atoms with E-state index in [0.29, 0.717) is 6.54 Å². The van der Waals surface area contributed by atoms with E-state index in [9.17, 15) is 13.6 Å². The Morgan fingerprint density at radius 1 is 1.28 bits per heavy atom. The Bertz CT molecular complexity index is 748. The fourth-order valence-corrected chi connectivity index (χ4v) is 3.13. The number of aromatic nitrogens is 2. The van der Waals surface area contributed by atoms with Gasteiger partial charge in [-0.1, -0.05) is 13.0 Å². The van der Waals surface area contributed by atoms with Gasteiger partial charge in [0.05, 0.1) is 0 Å². The zero-order chi connectivity index (χ0) is 17.8. The lowest BCUT2D eigenvalue weighted by atomic mass is 9.99. The summed E-state index contributed by atoms with van der Waals surface area (Å²) in [7, 11) is 0. The molecule has 0 radical (unpaired) electrons. The van der Waals surface area contributed by atoms with Gasteiger partial charge >= 0.3 is 0 Å². The Morgan fingerprint density at radius 3 is 2.76 bits per heavy atom. The second-order valence-electron chi connectivity index (χ2n) is 6.07. The molecule has 5 nitrogen and oxygen atoms in total. The molecule has 0 saturated carbocycles. The molecule has 1 aromatic heterocycles. The number of para-hydroxylation sites is 1. The topological polar surface area (TPSA) is 58.1 Å². The van der Waals surface area contributed by atoms with Crippen molar-refractivity contribution in [3.05, 3.63) is 47.9 Å². The number of likely N-dealkylation sites (tertiary alicyclic amines) is 1. The Balaban J connectivity index is 1.82. The number of nitrogens with zero attached hydrogens (tertiary/aromatic N) is 3. The van der Waals surface area contributed by atoms with Crippen LogP contribution in [0.4, 0.5) is 20.3 Å². The van der Waals surface area contributed by atoms with Crippen LogP contribution in [0.5, 0.6) is 0 Å². The molecule has 2 aromatic rings. The first-order chi connectivity index (χ1) is 12.1. The fourth-order valence-electron chi connectivity index (χ4n) is 3.13. The van der Waals surface area contributed by atoms with E-state index in [1.807, 2.05) is 4.90 Å². The largest absolute Gasteiger partial charge is 0.335 e. The number of anilines is 2. The van der Waals surface area contributed by atoms with Gasteiger partial charge < -0.3 is 10.2 Å². The highest BCUT2D eigenvalue weighted by Gasteiger charge is 2.27. The molecule has 1 atom stereocenters. The maximum Gasteiger partial charge on any atom is 0.272 e. The third kappa shape index (κ3) is 3.75. The van der Waals surface area contributed by atoms with Crippen LogP contribution in [-0.2, 0) is 0 Å². The van der Waals surface area contributed by atoms with Crippen molar-refractivity contribution in [3.63, 3.8) is 0 Å². The van der Waals surface area contributed by atoms with E-state index in [2.05, 4.69) is 22.2 Å². The van der Waals surface area contributed by atoms with Crippen molar-refractivity contribution in [2.45, 2.75) is 38.6 Å². The molecule has 1 aliphatic rings. The monoisotopic (exact) mass is 346 g/mol. The summed E-state index contributed by atoms with van der Waals surface area (Å²) in [6, 6.07) is 5.22. The lowest BCUT2D eigenvalue weighted by molar-refractivity contribution is 0.0602. The number of rotatable bonds is 4. The van der Waals surface area contributed by atoms with Crippen LogP contribution in [0.2, 0.25) is 0 Å². The zero-order valence-corrected chi connectivity index (χ0v) is 14.0. The number of benzene rings is 1. The molecule has 1 amide bonds. The quantitative estimate of drug-likeness (QED) is 0.912. The first kappa shape index (κ1) is 17.3. The average Bonchev–Trinajstić information content (AvgIpc) is 2.64. The van der Waals surface area contributed by atoms with Crippen LogP contribution >= 0.6 is 0 Å². The Morgan fingerprint density at radius 2 is 2.04 bits per heavy atom. The summed E-state index contributed by atoms with van der Waals surface area (Å²) in [6.45, 7) is 2.76. The Labute approximate surface area is 145 Å². The summed E-state index contributed by atoms with van der Waals surface area (Å²) >= 11 is 0. The van der Waals surface area contributed by atoms with Gasteiger partial charge in [0.2, 0.25) is 0 Å². The average molecular weight is 346 g/mol. The first-order valence-electron chi connectivity index (χ1n) is 8.44. The number of carbonyl (C=O) groups is 1. The van der Waals surface area contributed by atoms with Crippen LogP contribution in [0.15, 0.2) is 30.6 Å². The van der Waals surface area contributed by atoms with Crippen molar-refractivity contribution < 1.29 is 13.6 Å². The van der Waals surface area contributed by atoms with Gasteiger partial charge in [-0.25, -0.2) is 18.7 Å². The summed E-state index contributed by atoms with van der Waals surface area (Å²) in [5, 5.41) is 2.59. The predicted molar refractivity (Wildman–Crippen MR) is 90.6 cm³/mol. The van der Waals surface area contributed by atoms with Gasteiger partial charge in [0.1, 0.15) is 35.2 Å². The van der Waals surface area contributed by atoms with E-state index in [-0.39, 0.29) is 29.1 Å². The second kappa shape index (κ2) is 7.55. The molecule has 0 bridgehead atoms. The van der Waals surface area contributed by atoms with Crippen LogP contribution in [0.1, 0.15) is 43.1 Å². The minimum Gasteiger partial charge on any atom is -0.335 e. The van der Waals surface area contributed by atoms with Gasteiger partial charge in [-0.2, -0.15) is 0 Å². The number of halogens is 2. The summed E-state index contributed by atoms with van der Waals surface area (Å²) in [5.41, 5.74) is -0.0846. The van der Waals surface area contributed by atoms with Gasteiger partial charge in [0, 0.05) is 18.7 Å². The van der Waals surface area contributed by atoms with Crippen LogP contribution in [-0.4, -0.2) is 33.4 Å². The van der Waals surface area contributed by atoms with Crippen molar-refractivity contribution in [1.82, 2.24) is 14.9 Å². The maximum atomic E-state index is 13.8. The van der Waals surface area contributed by atoms with Gasteiger partial charge in [0.25, 0.3) is 5.91 Å². The van der Waals surface area contributed by atoms with E-state index in [0.717, 1.165) is 37.8 Å². The molecule has 1 aromatic carbocycles. The predicted octanol–water partition coefficient (Wildman–Crippen LogP) is 3.90. The summed E-state index contributed by atoms with van der Waals surface area (Å²) in [4.78, 5) is 22.6. The number of hydrogen-bond acceptors (Lipinski definition) is 4. The van der Waals surface area contributed by atoms with E-state index in [1.165, 1.54) is 18.5 Å². The standard InChI is InChI=1S/C18H20F2N4O/c1-2-12-6-3-4-9-24(12)18(25)15-10-16(22-11-21-15)23-17-13(19)7-5-8-14(17)20/h5,7-8,10-12H,2-4,6,9H2,1H3,(H,21,22,23). The highest BCUT2D eigenvalue weighted by atomic mass is 19.1.